The Hall–Kier alpha value is -3.09. The number of fused-ring (bicyclic) bond motifs is 2. The van der Waals surface area contributed by atoms with E-state index in [1.807, 2.05) is 72.2 Å². The van der Waals surface area contributed by atoms with E-state index in [1.54, 1.807) is 41.1 Å². The quantitative estimate of drug-likeness (QED) is 0.215. The zero-order valence-corrected chi connectivity index (χ0v) is 45.4. The van der Waals surface area contributed by atoms with Crippen LogP contribution in [0.2, 0.25) is 0 Å². The lowest BCUT2D eigenvalue weighted by Crippen LogP contribution is -2.61. The van der Waals surface area contributed by atoms with E-state index in [1.165, 1.54) is 25.2 Å². The predicted molar refractivity (Wildman–Crippen MR) is 266 cm³/mol. The largest absolute Gasteiger partial charge is 0.458 e. The van der Waals surface area contributed by atoms with Gasteiger partial charge in [-0.05, 0) is 81.9 Å². The number of Topliss-reactive ketones (excluding diaryl/α,β-unsaturated/α-hetero) is 1. The number of ketones is 1. The average Bonchev–Trinajstić information content (AvgIpc) is 3.86. The number of esters is 2. The van der Waals surface area contributed by atoms with E-state index in [-0.39, 0.29) is 37.2 Å². The van der Waals surface area contributed by atoms with Crippen molar-refractivity contribution in [3.8, 4) is 0 Å². The molecule has 20 nitrogen and oxygen atoms in total. The van der Waals surface area contributed by atoms with E-state index in [0.717, 1.165) is 0 Å². The molecular weight excluding hydrogens is 939 g/mol. The summed E-state index contributed by atoms with van der Waals surface area (Å²) in [5, 5.41) is 22.2. The summed E-state index contributed by atoms with van der Waals surface area (Å²) in [4.78, 5) is 61.3. The van der Waals surface area contributed by atoms with Crippen LogP contribution in [0.1, 0.15) is 94.9 Å². The Labute approximate surface area is 424 Å². The highest BCUT2D eigenvalue weighted by atomic mass is 32.2. The summed E-state index contributed by atoms with van der Waals surface area (Å²) in [5.41, 5.74) is 3.50. The van der Waals surface area contributed by atoms with Gasteiger partial charge in [0.1, 0.15) is 41.2 Å². The second-order valence-corrected chi connectivity index (χ2v) is 22.8. The summed E-state index contributed by atoms with van der Waals surface area (Å²) in [6.45, 7) is 20.1. The molecule has 6 heterocycles. The number of hydrogen-bond acceptors (Lipinski definition) is 20. The lowest BCUT2D eigenvalue weighted by atomic mass is 9.70. The molecule has 3 unspecified atom stereocenters. The molecule has 21 heteroatoms. The Bertz CT molecular complexity index is 2140. The van der Waals surface area contributed by atoms with Crippen molar-refractivity contribution in [2.45, 2.75) is 185 Å². The van der Waals surface area contributed by atoms with Crippen LogP contribution in [0.15, 0.2) is 12.7 Å². The minimum absolute atomic E-state index is 0.120. The van der Waals surface area contributed by atoms with E-state index in [4.69, 9.17) is 43.6 Å². The molecule has 0 aromatic carbocycles. The summed E-state index contributed by atoms with van der Waals surface area (Å²) < 4.78 is 53.8. The second kappa shape index (κ2) is 23.2. The summed E-state index contributed by atoms with van der Waals surface area (Å²) >= 11 is 1.43. The SMILES string of the molecule is CC[C@H]1OC(=O)[C@H](C)[C@@H](O[C@H]2C[C@@](C)(OC)[C@@H](O)[C@@H](C)O2)[C@H](C)[C@@H](O[C@@H]2O[C@H](C)C[C@H](N(C)C)[C@H]2O)[C@](C)(OC)C[C@@H](C)C(=O)C(C)C2C(SCCN(C)CCn3cnc4c(N)ncnc43)C(=O)O[C@@]21C. The van der Waals surface area contributed by atoms with Gasteiger partial charge in [0.25, 0.3) is 0 Å². The first-order valence-electron chi connectivity index (χ1n) is 25.3. The van der Waals surface area contributed by atoms with Crippen LogP contribution < -0.4 is 5.73 Å². The number of ether oxygens (including phenoxy) is 8. The van der Waals surface area contributed by atoms with Crippen LogP contribution in [0, 0.1) is 29.6 Å². The Morgan fingerprint density at radius 1 is 0.901 bits per heavy atom. The highest BCUT2D eigenvalue weighted by Gasteiger charge is 2.62. The van der Waals surface area contributed by atoms with Crippen molar-refractivity contribution in [2.24, 2.45) is 29.6 Å². The number of nitrogens with zero attached hydrogens (tertiary/aromatic N) is 6. The molecule has 0 spiro atoms. The second-order valence-electron chi connectivity index (χ2n) is 21.6. The molecular formula is C50H83N7O13S. The molecule has 4 fully saturated rings. The van der Waals surface area contributed by atoms with Gasteiger partial charge >= 0.3 is 11.9 Å². The Morgan fingerprint density at radius 2 is 1.59 bits per heavy atom. The number of rotatable bonds is 15. The van der Waals surface area contributed by atoms with Crippen molar-refractivity contribution in [3.63, 3.8) is 0 Å². The van der Waals surface area contributed by atoms with E-state index < -0.39 is 113 Å². The maximum Gasteiger partial charge on any atom is 0.320 e. The van der Waals surface area contributed by atoms with Crippen LogP contribution in [-0.2, 0) is 58.8 Å². The Balaban J connectivity index is 1.34. The van der Waals surface area contributed by atoms with Crippen LogP contribution in [0.25, 0.3) is 11.2 Å². The number of carbonyl (C=O) groups excluding carboxylic acids is 3. The van der Waals surface area contributed by atoms with Crippen LogP contribution in [0.3, 0.4) is 0 Å². The molecule has 402 valence electrons. The smallest absolute Gasteiger partial charge is 0.320 e. The van der Waals surface area contributed by atoms with Crippen molar-refractivity contribution in [1.82, 2.24) is 29.3 Å². The molecule has 0 radical (unpaired) electrons. The fraction of sp³-hybridized carbons (Fsp3) is 0.840. The van der Waals surface area contributed by atoms with Crippen LogP contribution in [0.5, 0.6) is 0 Å². The van der Waals surface area contributed by atoms with Gasteiger partial charge in [-0.3, -0.25) is 14.4 Å². The number of nitrogens with two attached hydrogens (primary N) is 1. The third kappa shape index (κ3) is 11.9. The molecule has 0 bridgehead atoms. The third-order valence-electron chi connectivity index (χ3n) is 16.2. The highest BCUT2D eigenvalue weighted by Crippen LogP contribution is 2.49. The predicted octanol–water partition coefficient (Wildman–Crippen LogP) is 3.72. The first-order valence-corrected chi connectivity index (χ1v) is 26.3. The third-order valence-corrected chi connectivity index (χ3v) is 17.4. The fourth-order valence-electron chi connectivity index (χ4n) is 11.7. The van der Waals surface area contributed by atoms with Crippen LogP contribution >= 0.6 is 11.8 Å². The van der Waals surface area contributed by atoms with E-state index >= 15 is 4.79 Å². The van der Waals surface area contributed by atoms with Gasteiger partial charge in [-0.1, -0.05) is 27.7 Å². The van der Waals surface area contributed by atoms with Crippen molar-refractivity contribution in [2.75, 3.05) is 59.9 Å². The number of imidazole rings is 1. The number of cyclic esters (lactones) is 1. The van der Waals surface area contributed by atoms with E-state index in [0.29, 0.717) is 48.8 Å². The van der Waals surface area contributed by atoms with E-state index in [9.17, 15) is 19.8 Å². The number of thioether (sulfide) groups is 1. The lowest BCUT2D eigenvalue weighted by Gasteiger charge is -2.50. The fourth-order valence-corrected chi connectivity index (χ4v) is 13.3. The van der Waals surface area contributed by atoms with Crippen molar-refractivity contribution in [3.05, 3.63) is 12.7 Å². The summed E-state index contributed by atoms with van der Waals surface area (Å²) in [6, 6.07) is -0.300. The summed E-state index contributed by atoms with van der Waals surface area (Å²) in [6.07, 6.45) is -3.81. The van der Waals surface area contributed by atoms with Crippen molar-refractivity contribution >= 4 is 46.5 Å². The van der Waals surface area contributed by atoms with Gasteiger partial charge in [0, 0.05) is 75.7 Å². The minimum atomic E-state index is -1.39. The molecule has 4 saturated heterocycles. The van der Waals surface area contributed by atoms with Gasteiger partial charge in [-0.15, -0.1) is 11.8 Å². The molecule has 19 atom stereocenters. The molecule has 71 heavy (non-hydrogen) atoms. The zero-order chi connectivity index (χ0) is 52.5. The molecule has 4 aliphatic rings. The van der Waals surface area contributed by atoms with Crippen molar-refractivity contribution < 1.29 is 62.5 Å². The standard InChI is InChI=1S/C50H83N7O13S/c1-16-33-50(10)35(40(46(62)70-50)71-20-19-56(13)17-18-57-25-54-36-43(51)52-24-53-44(36)57)28(4)37(58)26(2)22-49(9,64-15)42(69-47-38(59)32(55(11)12)21-27(3)65-47)29(5)39(30(6)45(61)67-33)68-34-23-48(8,63-14)41(60)31(7)66-34/h24-35,38-42,47,59-60H,16-23H2,1-15H3,(H2,51,52,53)/t26-,27-,28?,29+,30-,31-,32+,33-,34+,35?,38-,39+,40?,41+,42-,47+,48-,49-,50-/m1/s1. The molecule has 2 aromatic heterocycles. The molecule has 6 rings (SSSR count). The van der Waals surface area contributed by atoms with Crippen LogP contribution in [0.4, 0.5) is 5.82 Å². The molecule has 4 N–H and O–H groups in total. The van der Waals surface area contributed by atoms with Crippen molar-refractivity contribution in [1.29, 1.82) is 0 Å². The maximum atomic E-state index is 15.2. The number of aliphatic hydroxyl groups excluding tert-OH is 2. The average molecular weight is 1020 g/mol. The topological polar surface area (TPSA) is 242 Å². The van der Waals surface area contributed by atoms with Crippen LogP contribution in [-0.4, -0.2) is 195 Å². The first-order chi connectivity index (χ1) is 33.3. The molecule has 0 aliphatic carbocycles. The summed E-state index contributed by atoms with van der Waals surface area (Å²) in [5.74, 6) is -4.17. The van der Waals surface area contributed by atoms with Gasteiger partial charge in [0.2, 0.25) is 0 Å². The normalized spacial score (nSPS) is 41.0. The highest BCUT2D eigenvalue weighted by molar-refractivity contribution is 8.00. The molecule has 4 aliphatic heterocycles. The maximum absolute atomic E-state index is 15.2. The van der Waals surface area contributed by atoms with Gasteiger partial charge in [-0.2, -0.15) is 0 Å². The number of nitrogen functional groups attached to an aromatic ring is 1. The number of hydrogen-bond donors (Lipinski definition) is 3. The lowest BCUT2D eigenvalue weighted by molar-refractivity contribution is -0.319. The minimum Gasteiger partial charge on any atom is -0.458 e. The molecule has 0 amide bonds. The molecule has 0 saturated carbocycles. The first kappa shape index (κ1) is 57.2. The summed E-state index contributed by atoms with van der Waals surface area (Å²) in [7, 11) is 8.86. The number of anilines is 1. The van der Waals surface area contributed by atoms with Gasteiger partial charge in [-0.25, -0.2) is 15.0 Å². The number of aromatic nitrogens is 4. The Morgan fingerprint density at radius 3 is 2.24 bits per heavy atom. The van der Waals surface area contributed by atoms with E-state index in [2.05, 4.69) is 19.9 Å². The zero-order valence-electron chi connectivity index (χ0n) is 44.6. The number of likely N-dealkylation sites (N-methyl/N-ethyl adjacent to an activating group) is 2. The monoisotopic (exact) mass is 1020 g/mol. The number of aliphatic hydroxyl groups is 2. The Kier molecular flexibility index (Phi) is 18.7. The molecule has 2 aromatic rings. The van der Waals surface area contributed by atoms with Gasteiger partial charge in [0.05, 0.1) is 47.9 Å². The number of carbonyl (C=O) groups is 3. The van der Waals surface area contributed by atoms with Gasteiger partial charge in [0.15, 0.2) is 29.6 Å². The van der Waals surface area contributed by atoms with Gasteiger partial charge < -0.3 is 68.2 Å². The number of methoxy groups -OCH3 is 2.